The lowest BCUT2D eigenvalue weighted by Gasteiger charge is -2.56. The van der Waals surface area contributed by atoms with Gasteiger partial charge in [-0.05, 0) is 139 Å². The Morgan fingerprint density at radius 3 is 2.41 bits per heavy atom. The zero-order valence-electron chi connectivity index (χ0n) is 34.8. The highest BCUT2D eigenvalue weighted by Gasteiger charge is 2.81. The van der Waals surface area contributed by atoms with E-state index in [4.69, 9.17) is 18.9 Å². The number of unbranched alkanes of at least 4 members (excludes halogenated alkanes) is 1. The molecule has 5 atom stereocenters. The number of carbonyl (C=O) groups is 3. The van der Waals surface area contributed by atoms with Crippen LogP contribution in [-0.4, -0.2) is 76.2 Å². The third-order valence-electron chi connectivity index (χ3n) is 13.0. The highest BCUT2D eigenvalue weighted by molar-refractivity contribution is 6.19. The number of allylic oxidation sites excluding steroid dienone is 5. The molecule has 9 nitrogen and oxygen atoms in total. The molecular formula is C47H61NO8. The van der Waals surface area contributed by atoms with Crippen molar-refractivity contribution in [2.45, 2.75) is 142 Å². The normalized spacial score (nSPS) is 29.7. The van der Waals surface area contributed by atoms with Crippen molar-refractivity contribution in [1.82, 2.24) is 4.90 Å². The number of likely N-dealkylation sites (tertiary alicyclic amines) is 1. The topological polar surface area (TPSA) is 112 Å². The number of nitrogens with zero attached hydrogens (tertiary/aromatic N) is 1. The van der Waals surface area contributed by atoms with Gasteiger partial charge in [-0.15, -0.1) is 0 Å². The van der Waals surface area contributed by atoms with Crippen molar-refractivity contribution in [3.8, 4) is 17.2 Å². The molecule has 9 heteroatoms. The van der Waals surface area contributed by atoms with Crippen LogP contribution < -0.4 is 9.47 Å². The van der Waals surface area contributed by atoms with Crippen molar-refractivity contribution >= 4 is 23.6 Å². The molecule has 0 radical (unpaired) electrons. The van der Waals surface area contributed by atoms with Gasteiger partial charge in [-0.25, -0.2) is 4.79 Å². The standard InChI is InChI=1S/C47H61NO8/c1-29(2)15-14-20-45(8)21-19-33-38(49)37-39(50)35-27-32-28-36-44(6,7)56-46(42(32)51,47(35,36)55-41(37)34(40(33)54-45)17-16-30(3)4)22-18-31(5)43(52)53-26-13-12-25-48-23-10-9-11-24-48/h15-16,18-19,21,27,32,36,49H,9-14,17,20,22-26,28H2,1-8H3/b31-18-. The second kappa shape index (κ2) is 15.1. The summed E-state index contributed by atoms with van der Waals surface area (Å²) in [6.07, 6.45) is 19.5. The summed E-state index contributed by atoms with van der Waals surface area (Å²) in [5, 5.41) is 12.0. The zero-order valence-corrected chi connectivity index (χ0v) is 34.8. The molecule has 1 aromatic rings. The maximum Gasteiger partial charge on any atom is 0.333 e. The van der Waals surface area contributed by atoms with Crippen molar-refractivity contribution in [1.29, 1.82) is 0 Å². The van der Waals surface area contributed by atoms with E-state index in [2.05, 4.69) is 30.9 Å². The van der Waals surface area contributed by atoms with Crippen molar-refractivity contribution < 1.29 is 38.4 Å². The maximum atomic E-state index is 15.0. The van der Waals surface area contributed by atoms with E-state index in [9.17, 15) is 14.7 Å². The van der Waals surface area contributed by atoms with Gasteiger partial charge >= 0.3 is 5.97 Å². The molecule has 1 saturated carbocycles. The second-order valence-corrected chi connectivity index (χ2v) is 18.2. The minimum atomic E-state index is -1.59. The first kappa shape index (κ1) is 40.3. The molecule has 0 amide bonds. The Labute approximate surface area is 332 Å². The van der Waals surface area contributed by atoms with Crippen molar-refractivity contribution in [2.24, 2.45) is 11.8 Å². The molecule has 1 N–H and O–H groups in total. The summed E-state index contributed by atoms with van der Waals surface area (Å²) < 4.78 is 26.7. The quantitative estimate of drug-likeness (QED) is 0.0910. The molecule has 4 aliphatic heterocycles. The Morgan fingerprint density at radius 1 is 0.964 bits per heavy atom. The summed E-state index contributed by atoms with van der Waals surface area (Å²) in [5.74, 6) is -1.37. The second-order valence-electron chi connectivity index (χ2n) is 18.2. The van der Waals surface area contributed by atoms with Crippen LogP contribution in [0.15, 0.2) is 52.7 Å². The Balaban J connectivity index is 1.24. The SMILES string of the molecule is CC(C)=CCCC1(C)C=Cc2c(O)c3c(c(CC=C(C)C)c2O1)OC12C(=CC4CC1C(C)(C)OC2(C/C=C(/C)C(=O)OCCCCN1CCCCC1)C4=O)C3=O. The lowest BCUT2D eigenvalue weighted by Crippen LogP contribution is -2.72. The van der Waals surface area contributed by atoms with Gasteiger partial charge in [0.2, 0.25) is 0 Å². The molecule has 4 heterocycles. The van der Waals surface area contributed by atoms with Crippen LogP contribution in [0.2, 0.25) is 0 Å². The van der Waals surface area contributed by atoms with Crippen LogP contribution >= 0.6 is 0 Å². The highest BCUT2D eigenvalue weighted by atomic mass is 16.6. The maximum absolute atomic E-state index is 15.0. The molecule has 3 fully saturated rings. The fourth-order valence-corrected chi connectivity index (χ4v) is 10.1. The van der Waals surface area contributed by atoms with Crippen LogP contribution in [0.5, 0.6) is 17.2 Å². The van der Waals surface area contributed by atoms with Gasteiger partial charge in [-0.2, -0.15) is 0 Å². The van der Waals surface area contributed by atoms with Crippen LogP contribution in [0.4, 0.5) is 0 Å². The first-order valence-electron chi connectivity index (χ1n) is 20.9. The fraction of sp³-hybridized carbons (Fsp3) is 0.596. The van der Waals surface area contributed by atoms with Crippen LogP contribution in [0.1, 0.15) is 135 Å². The van der Waals surface area contributed by atoms with E-state index < -0.39 is 34.3 Å². The van der Waals surface area contributed by atoms with Crippen molar-refractivity contribution in [3.05, 3.63) is 69.4 Å². The van der Waals surface area contributed by atoms with Crippen LogP contribution in [-0.2, 0) is 25.5 Å². The summed E-state index contributed by atoms with van der Waals surface area (Å²) in [7, 11) is 0. The van der Waals surface area contributed by atoms with Gasteiger partial charge < -0.3 is 29.0 Å². The molecule has 3 aliphatic carbocycles. The van der Waals surface area contributed by atoms with Crippen LogP contribution in [0, 0.1) is 11.8 Å². The predicted octanol–water partition coefficient (Wildman–Crippen LogP) is 8.96. The van der Waals surface area contributed by atoms with Gasteiger partial charge in [-0.1, -0.05) is 41.9 Å². The number of phenolic OH excluding ortho intramolecular Hbond substituents is 1. The molecule has 2 saturated heterocycles. The smallest absolute Gasteiger partial charge is 0.333 e. The average molecular weight is 768 g/mol. The van der Waals surface area contributed by atoms with E-state index in [1.807, 2.05) is 46.8 Å². The Morgan fingerprint density at radius 2 is 1.70 bits per heavy atom. The number of Topliss-reactive ketones (excluding diaryl/α,β-unsaturated/α-hetero) is 2. The molecule has 8 rings (SSSR count). The molecule has 1 aromatic carbocycles. The van der Waals surface area contributed by atoms with Crippen molar-refractivity contribution in [3.63, 3.8) is 0 Å². The lowest BCUT2D eigenvalue weighted by atomic mass is 9.51. The van der Waals surface area contributed by atoms with E-state index in [1.165, 1.54) is 24.8 Å². The minimum Gasteiger partial charge on any atom is -0.506 e. The predicted molar refractivity (Wildman–Crippen MR) is 217 cm³/mol. The van der Waals surface area contributed by atoms with E-state index >= 15 is 4.79 Å². The summed E-state index contributed by atoms with van der Waals surface area (Å²) in [5.41, 5.74) is -0.392. The number of ether oxygens (including phenoxy) is 4. The molecule has 5 unspecified atom stereocenters. The third kappa shape index (κ3) is 6.80. The molecule has 302 valence electrons. The van der Waals surface area contributed by atoms with Crippen LogP contribution in [0.3, 0.4) is 0 Å². The van der Waals surface area contributed by atoms with Gasteiger partial charge in [0, 0.05) is 35.0 Å². The number of aromatic hydroxyl groups is 1. The lowest BCUT2D eigenvalue weighted by molar-refractivity contribution is -0.171. The van der Waals surface area contributed by atoms with Gasteiger partial charge in [0.05, 0.1) is 17.8 Å². The van der Waals surface area contributed by atoms with Gasteiger partial charge in [-0.3, -0.25) is 9.59 Å². The largest absolute Gasteiger partial charge is 0.506 e. The van der Waals surface area contributed by atoms with E-state index in [1.54, 1.807) is 19.1 Å². The monoisotopic (exact) mass is 767 g/mol. The zero-order chi connectivity index (χ0) is 40.2. The highest BCUT2D eigenvalue weighted by Crippen LogP contribution is 2.68. The van der Waals surface area contributed by atoms with Gasteiger partial charge in [0.25, 0.3) is 0 Å². The fourth-order valence-electron chi connectivity index (χ4n) is 10.1. The Bertz CT molecular complexity index is 1950. The molecule has 7 aliphatic rings. The number of fused-ring (bicyclic) bond motifs is 2. The van der Waals surface area contributed by atoms with Crippen molar-refractivity contribution in [2.75, 3.05) is 26.2 Å². The number of ketones is 2. The summed E-state index contributed by atoms with van der Waals surface area (Å²) >= 11 is 0. The molecule has 56 heavy (non-hydrogen) atoms. The average Bonchev–Trinajstić information content (AvgIpc) is 3.30. The van der Waals surface area contributed by atoms with Gasteiger partial charge in [0.15, 0.2) is 22.8 Å². The first-order valence-corrected chi connectivity index (χ1v) is 20.9. The van der Waals surface area contributed by atoms with Crippen LogP contribution in [0.25, 0.3) is 6.08 Å². The number of piperidine rings is 1. The number of phenols is 1. The number of hydrogen-bond donors (Lipinski definition) is 1. The Kier molecular flexibility index (Phi) is 10.8. The third-order valence-corrected chi connectivity index (χ3v) is 13.0. The number of esters is 1. The first-order chi connectivity index (χ1) is 26.5. The number of hydrogen-bond acceptors (Lipinski definition) is 9. The summed E-state index contributed by atoms with van der Waals surface area (Å²) in [6, 6.07) is 0. The number of carbonyl (C=O) groups excluding carboxylic acids is 3. The number of benzene rings is 1. The summed E-state index contributed by atoms with van der Waals surface area (Å²) in [4.78, 5) is 45.5. The van der Waals surface area contributed by atoms with E-state index in [0.29, 0.717) is 53.9 Å². The molecular weight excluding hydrogens is 707 g/mol. The Hall–Kier alpha value is -3.95. The summed E-state index contributed by atoms with van der Waals surface area (Å²) in [6.45, 7) is 19.4. The molecule has 1 spiro atoms. The van der Waals surface area contributed by atoms with E-state index in [0.717, 1.165) is 44.5 Å². The number of rotatable bonds is 13. The molecule has 4 bridgehead atoms. The van der Waals surface area contributed by atoms with E-state index in [-0.39, 0.29) is 41.0 Å². The molecule has 0 aromatic heterocycles. The van der Waals surface area contributed by atoms with Gasteiger partial charge in [0.1, 0.15) is 28.4 Å². The minimum absolute atomic E-state index is 0.0278.